The number of carbonyl (C=O) groups is 2. The van der Waals surface area contributed by atoms with Crippen molar-refractivity contribution >= 4 is 23.2 Å². The van der Waals surface area contributed by atoms with Gasteiger partial charge in [-0.3, -0.25) is 4.79 Å². The van der Waals surface area contributed by atoms with Crippen molar-refractivity contribution in [1.82, 2.24) is 5.32 Å². The average molecular weight is 329 g/mol. The lowest BCUT2D eigenvalue weighted by Crippen LogP contribution is -2.42. The molecule has 1 aromatic rings. The maximum Gasteiger partial charge on any atom is 0.326 e. The van der Waals surface area contributed by atoms with Crippen molar-refractivity contribution < 1.29 is 24.2 Å². The van der Waals surface area contributed by atoms with Crippen molar-refractivity contribution in [2.45, 2.75) is 45.4 Å². The van der Waals surface area contributed by atoms with E-state index in [1.54, 1.807) is 18.6 Å². The molecule has 0 aliphatic heterocycles. The summed E-state index contributed by atoms with van der Waals surface area (Å²) >= 11 is 1.26. The fourth-order valence-electron chi connectivity index (χ4n) is 1.77. The van der Waals surface area contributed by atoms with Crippen LogP contribution in [-0.4, -0.2) is 42.3 Å². The molecule has 0 saturated carbocycles. The number of thiophene rings is 1. The van der Waals surface area contributed by atoms with Gasteiger partial charge in [-0.2, -0.15) is 0 Å². The first-order valence-electron chi connectivity index (χ1n) is 6.97. The highest BCUT2D eigenvalue weighted by Gasteiger charge is 2.23. The zero-order valence-electron chi connectivity index (χ0n) is 13.3. The first-order chi connectivity index (χ1) is 10.2. The molecule has 1 atom stereocenters. The molecule has 1 unspecified atom stereocenters. The number of amides is 1. The number of rotatable bonds is 8. The molecule has 22 heavy (non-hydrogen) atoms. The maximum absolute atomic E-state index is 12.2. The molecular formula is C15H23NO5S. The molecule has 1 heterocycles. The van der Waals surface area contributed by atoms with Gasteiger partial charge in [0.05, 0.1) is 17.1 Å². The molecule has 0 radical (unpaired) electrons. The van der Waals surface area contributed by atoms with E-state index < -0.39 is 17.9 Å². The summed E-state index contributed by atoms with van der Waals surface area (Å²) < 4.78 is 10.5. The largest absolute Gasteiger partial charge is 0.480 e. The minimum Gasteiger partial charge on any atom is -0.480 e. The molecule has 0 aliphatic rings. The molecular weight excluding hydrogens is 306 g/mol. The Morgan fingerprint density at radius 2 is 2.09 bits per heavy atom. The first kappa shape index (κ1) is 18.6. The molecule has 0 spiro atoms. The highest BCUT2D eigenvalue weighted by molar-refractivity contribution is 7.12. The lowest BCUT2D eigenvalue weighted by molar-refractivity contribution is -0.140. The molecule has 0 fully saturated rings. The van der Waals surface area contributed by atoms with E-state index in [9.17, 15) is 14.7 Å². The van der Waals surface area contributed by atoms with E-state index in [1.165, 1.54) is 11.3 Å². The molecule has 2 N–H and O–H groups in total. The zero-order chi connectivity index (χ0) is 16.8. The summed E-state index contributed by atoms with van der Waals surface area (Å²) in [6.45, 7) is 6.26. The van der Waals surface area contributed by atoms with E-state index in [0.29, 0.717) is 11.5 Å². The maximum atomic E-state index is 12.2. The van der Waals surface area contributed by atoms with Crippen LogP contribution in [0.25, 0.3) is 0 Å². The van der Waals surface area contributed by atoms with Gasteiger partial charge in [-0.05, 0) is 32.2 Å². The molecule has 1 aromatic heterocycles. The third-order valence-corrected chi connectivity index (χ3v) is 3.75. The molecule has 124 valence electrons. The van der Waals surface area contributed by atoms with Gasteiger partial charge < -0.3 is 19.9 Å². The lowest BCUT2D eigenvalue weighted by atomic mass is 10.1. The summed E-state index contributed by atoms with van der Waals surface area (Å²) in [5.41, 5.74) is 0.409. The van der Waals surface area contributed by atoms with Gasteiger partial charge in [-0.1, -0.05) is 0 Å². The van der Waals surface area contributed by atoms with E-state index in [4.69, 9.17) is 9.47 Å². The molecule has 7 heteroatoms. The lowest BCUT2D eigenvalue weighted by Gasteiger charge is -2.21. The third kappa shape index (κ3) is 6.13. The molecule has 6 nitrogen and oxygen atoms in total. The van der Waals surface area contributed by atoms with Crippen molar-refractivity contribution in [2.24, 2.45) is 0 Å². The van der Waals surface area contributed by atoms with Crippen molar-refractivity contribution in [3.05, 3.63) is 21.9 Å². The van der Waals surface area contributed by atoms with E-state index >= 15 is 0 Å². The Hall–Kier alpha value is -1.44. The number of hydrogen-bond donors (Lipinski definition) is 2. The average Bonchev–Trinajstić information content (AvgIpc) is 2.84. The number of methoxy groups -OCH3 is 1. The molecule has 0 aliphatic carbocycles. The molecule has 0 bridgehead atoms. The van der Waals surface area contributed by atoms with Crippen LogP contribution in [0.1, 0.15) is 42.4 Å². The number of ether oxygens (including phenoxy) is 2. The highest BCUT2D eigenvalue weighted by Crippen LogP contribution is 2.18. The second-order valence-electron chi connectivity index (χ2n) is 5.82. The fourth-order valence-corrected chi connectivity index (χ4v) is 2.58. The van der Waals surface area contributed by atoms with Gasteiger partial charge in [0.25, 0.3) is 5.91 Å². The summed E-state index contributed by atoms with van der Waals surface area (Å²) in [5.74, 6) is -1.47. The summed E-state index contributed by atoms with van der Waals surface area (Å²) in [6, 6.07) is 0.814. The number of carboxylic acids is 1. The summed E-state index contributed by atoms with van der Waals surface area (Å²) in [4.78, 5) is 24.0. The van der Waals surface area contributed by atoms with Gasteiger partial charge in [0.2, 0.25) is 0 Å². The van der Waals surface area contributed by atoms with Crippen LogP contribution in [0.15, 0.2) is 11.4 Å². The Morgan fingerprint density at radius 1 is 1.41 bits per heavy atom. The van der Waals surface area contributed by atoms with E-state index in [2.05, 4.69) is 5.32 Å². The predicted molar refractivity (Wildman–Crippen MR) is 84.2 cm³/mol. The van der Waals surface area contributed by atoms with Crippen LogP contribution >= 0.6 is 11.3 Å². The quantitative estimate of drug-likeness (QED) is 0.764. The molecule has 1 rings (SSSR count). The van der Waals surface area contributed by atoms with Crippen molar-refractivity contribution in [3.8, 4) is 0 Å². The Morgan fingerprint density at radius 3 is 2.64 bits per heavy atom. The van der Waals surface area contributed by atoms with Crippen LogP contribution in [0.5, 0.6) is 0 Å². The van der Waals surface area contributed by atoms with Crippen LogP contribution in [0, 0.1) is 0 Å². The van der Waals surface area contributed by atoms with Gasteiger partial charge in [0.1, 0.15) is 6.04 Å². The topological polar surface area (TPSA) is 84.9 Å². The number of carbonyl (C=O) groups excluding carboxylic acids is 1. The van der Waals surface area contributed by atoms with Crippen molar-refractivity contribution in [3.63, 3.8) is 0 Å². The molecule has 0 saturated heterocycles. The number of nitrogens with one attached hydrogen (secondary N) is 1. The normalized spacial score (nSPS) is 12.9. The van der Waals surface area contributed by atoms with Crippen LogP contribution in [0.4, 0.5) is 0 Å². The standard InChI is InChI=1S/C15H23NO5S/c1-15(2,3)21-7-5-11(14(18)19)16-13(17)12-10(9-20-4)6-8-22-12/h6,8,11H,5,7,9H2,1-4H3,(H,16,17)(H,18,19). The van der Waals surface area contributed by atoms with E-state index in [-0.39, 0.29) is 18.6 Å². The number of hydrogen-bond acceptors (Lipinski definition) is 5. The SMILES string of the molecule is COCc1ccsc1C(=O)NC(CCOC(C)(C)C)C(=O)O. The zero-order valence-corrected chi connectivity index (χ0v) is 14.2. The van der Waals surface area contributed by atoms with E-state index in [1.807, 2.05) is 20.8 Å². The smallest absolute Gasteiger partial charge is 0.326 e. The first-order valence-corrected chi connectivity index (χ1v) is 7.85. The van der Waals surface area contributed by atoms with Crippen molar-refractivity contribution in [1.29, 1.82) is 0 Å². The summed E-state index contributed by atoms with van der Waals surface area (Å²) in [6.07, 6.45) is 0.212. The van der Waals surface area contributed by atoms with Gasteiger partial charge in [0.15, 0.2) is 0 Å². The van der Waals surface area contributed by atoms with Gasteiger partial charge in [-0.25, -0.2) is 4.79 Å². The Kier molecular flexibility index (Phi) is 6.99. The van der Waals surface area contributed by atoms with Crippen LogP contribution in [-0.2, 0) is 20.9 Å². The number of carboxylic acid groups (broad SMARTS) is 1. The Labute approximate surface area is 134 Å². The molecule has 0 aromatic carbocycles. The second-order valence-corrected chi connectivity index (χ2v) is 6.74. The number of aliphatic carboxylic acids is 1. The van der Waals surface area contributed by atoms with E-state index in [0.717, 1.165) is 5.56 Å². The Balaban J connectivity index is 2.64. The fraction of sp³-hybridized carbons (Fsp3) is 0.600. The monoisotopic (exact) mass is 329 g/mol. The third-order valence-electron chi connectivity index (χ3n) is 2.80. The minimum absolute atomic E-state index is 0.212. The van der Waals surface area contributed by atoms with Crippen LogP contribution < -0.4 is 5.32 Å². The van der Waals surface area contributed by atoms with Gasteiger partial charge in [0, 0.05) is 25.7 Å². The van der Waals surface area contributed by atoms with Gasteiger partial charge >= 0.3 is 5.97 Å². The van der Waals surface area contributed by atoms with Crippen molar-refractivity contribution in [2.75, 3.05) is 13.7 Å². The predicted octanol–water partition coefficient (Wildman–Crippen LogP) is 2.28. The van der Waals surface area contributed by atoms with Crippen LogP contribution in [0.2, 0.25) is 0 Å². The Bertz CT molecular complexity index is 506. The van der Waals surface area contributed by atoms with Gasteiger partial charge in [-0.15, -0.1) is 11.3 Å². The molecule has 1 amide bonds. The second kappa shape index (κ2) is 8.26. The highest BCUT2D eigenvalue weighted by atomic mass is 32.1. The van der Waals surface area contributed by atoms with Crippen LogP contribution in [0.3, 0.4) is 0 Å². The summed E-state index contributed by atoms with van der Waals surface area (Å²) in [7, 11) is 1.54. The minimum atomic E-state index is -1.07. The summed E-state index contributed by atoms with van der Waals surface area (Å²) in [5, 5.41) is 13.6.